The van der Waals surface area contributed by atoms with Crippen LogP contribution in [0.4, 0.5) is 4.79 Å². The maximum absolute atomic E-state index is 14.4. The molecular formula is C28H41N5O7S2. The SMILES string of the molecule is CC(C)Cc1n[nH]cc1S(=O)(=O)N(C(=O)[C@H]1NC(C)(C)CS1)[C@@H](Cc1ccc(OC(=O)N(C)C)cc1)C(=O)OC(C)C. The van der Waals surface area contributed by atoms with Gasteiger partial charge in [-0.05, 0) is 57.7 Å². The third-order valence-corrected chi connectivity index (χ3v) is 9.62. The van der Waals surface area contributed by atoms with Crippen LogP contribution in [0.3, 0.4) is 0 Å². The van der Waals surface area contributed by atoms with Gasteiger partial charge in [0.15, 0.2) is 0 Å². The van der Waals surface area contributed by atoms with E-state index in [1.807, 2.05) is 27.7 Å². The van der Waals surface area contributed by atoms with E-state index in [9.17, 15) is 22.8 Å². The van der Waals surface area contributed by atoms with E-state index < -0.39 is 51.1 Å². The fourth-order valence-electron chi connectivity index (χ4n) is 4.27. The minimum atomic E-state index is -4.58. The lowest BCUT2D eigenvalue weighted by molar-refractivity contribution is -0.155. The number of aromatic amines is 1. The number of nitrogens with one attached hydrogen (secondary N) is 2. The van der Waals surface area contributed by atoms with E-state index in [0.29, 0.717) is 22.0 Å². The number of H-pyrrole nitrogens is 1. The average molecular weight is 624 g/mol. The lowest BCUT2D eigenvalue weighted by Crippen LogP contribution is -2.56. The summed E-state index contributed by atoms with van der Waals surface area (Å²) in [6, 6.07) is 4.77. The molecule has 0 aliphatic carbocycles. The summed E-state index contributed by atoms with van der Waals surface area (Å²) in [4.78, 5) is 40.8. The molecule has 1 fully saturated rings. The van der Waals surface area contributed by atoms with Crippen LogP contribution in [0.15, 0.2) is 35.4 Å². The predicted molar refractivity (Wildman–Crippen MR) is 159 cm³/mol. The van der Waals surface area contributed by atoms with E-state index in [-0.39, 0.29) is 28.7 Å². The molecular weight excluding hydrogens is 582 g/mol. The zero-order valence-corrected chi connectivity index (χ0v) is 27.0. The van der Waals surface area contributed by atoms with Gasteiger partial charge in [-0.25, -0.2) is 22.3 Å². The fourth-order valence-corrected chi connectivity index (χ4v) is 7.34. The number of benzene rings is 1. The number of ether oxygens (including phenoxy) is 2. The Morgan fingerprint density at radius 1 is 1.10 bits per heavy atom. The van der Waals surface area contributed by atoms with Crippen molar-refractivity contribution < 1.29 is 32.3 Å². The van der Waals surface area contributed by atoms with Crippen molar-refractivity contribution in [1.82, 2.24) is 24.7 Å². The Balaban J connectivity index is 2.09. The Kier molecular flexibility index (Phi) is 10.7. The molecule has 42 heavy (non-hydrogen) atoms. The Hall–Kier alpha value is -3.10. The molecule has 0 bridgehead atoms. The number of nitrogens with zero attached hydrogens (tertiary/aromatic N) is 3. The molecule has 2 heterocycles. The van der Waals surface area contributed by atoms with Crippen LogP contribution in [0.25, 0.3) is 0 Å². The van der Waals surface area contributed by atoms with Crippen LogP contribution in [-0.2, 0) is 37.2 Å². The molecule has 1 aromatic carbocycles. The van der Waals surface area contributed by atoms with Gasteiger partial charge in [-0.2, -0.15) is 5.10 Å². The van der Waals surface area contributed by atoms with E-state index in [4.69, 9.17) is 9.47 Å². The summed E-state index contributed by atoms with van der Waals surface area (Å²) >= 11 is 1.28. The van der Waals surface area contributed by atoms with E-state index >= 15 is 0 Å². The first-order chi connectivity index (χ1) is 19.5. The van der Waals surface area contributed by atoms with Gasteiger partial charge < -0.3 is 14.4 Å². The minimum absolute atomic E-state index is 0.0843. The van der Waals surface area contributed by atoms with E-state index in [1.54, 1.807) is 40.1 Å². The van der Waals surface area contributed by atoms with Crippen molar-refractivity contribution >= 4 is 39.8 Å². The number of rotatable bonds is 11. The second kappa shape index (κ2) is 13.5. The highest BCUT2D eigenvalue weighted by molar-refractivity contribution is 8.01. The maximum Gasteiger partial charge on any atom is 0.414 e. The van der Waals surface area contributed by atoms with Crippen LogP contribution in [-0.4, -0.2) is 88.7 Å². The van der Waals surface area contributed by atoms with Gasteiger partial charge >= 0.3 is 12.1 Å². The smallest absolute Gasteiger partial charge is 0.414 e. The van der Waals surface area contributed by atoms with Crippen LogP contribution in [0.5, 0.6) is 5.75 Å². The van der Waals surface area contributed by atoms with E-state index in [2.05, 4.69) is 15.5 Å². The summed E-state index contributed by atoms with van der Waals surface area (Å²) in [6.07, 6.45) is 0.293. The number of hydrogen-bond acceptors (Lipinski definition) is 10. The number of amides is 2. The van der Waals surface area contributed by atoms with Crippen LogP contribution in [0.1, 0.15) is 52.8 Å². The monoisotopic (exact) mass is 623 g/mol. The summed E-state index contributed by atoms with van der Waals surface area (Å²) in [6.45, 7) is 11.0. The van der Waals surface area contributed by atoms with E-state index in [1.165, 1.54) is 35.0 Å². The van der Waals surface area contributed by atoms with Crippen molar-refractivity contribution in [1.29, 1.82) is 0 Å². The quantitative estimate of drug-likeness (QED) is 0.357. The third kappa shape index (κ3) is 8.26. The molecule has 2 atom stereocenters. The van der Waals surface area contributed by atoms with Crippen LogP contribution in [0, 0.1) is 5.92 Å². The van der Waals surface area contributed by atoms with Gasteiger partial charge in [0.2, 0.25) is 0 Å². The number of sulfonamides is 1. The fraction of sp³-hybridized carbons (Fsp3) is 0.571. The van der Waals surface area contributed by atoms with Crippen molar-refractivity contribution in [3.8, 4) is 5.75 Å². The molecule has 2 amide bonds. The highest BCUT2D eigenvalue weighted by Crippen LogP contribution is 2.32. The Morgan fingerprint density at radius 3 is 2.26 bits per heavy atom. The van der Waals surface area contributed by atoms with Crippen molar-refractivity contribution in [2.24, 2.45) is 5.92 Å². The molecule has 3 rings (SSSR count). The first-order valence-electron chi connectivity index (χ1n) is 13.7. The minimum Gasteiger partial charge on any atom is -0.461 e. The summed E-state index contributed by atoms with van der Waals surface area (Å²) in [5.74, 6) is -0.716. The Labute approximate surface area is 251 Å². The molecule has 1 saturated heterocycles. The van der Waals surface area contributed by atoms with Crippen LogP contribution >= 0.6 is 11.8 Å². The molecule has 2 N–H and O–H groups in total. The van der Waals surface area contributed by atoms with Crippen molar-refractivity contribution in [3.63, 3.8) is 0 Å². The molecule has 12 nitrogen and oxygen atoms in total. The molecule has 2 aromatic rings. The normalized spacial score (nSPS) is 17.2. The standard InChI is InChI=1S/C28H41N5O7S2/c1-17(2)13-21-23(15-29-31-21)42(37,38)33(25(34)24-30-28(5,6)16-41-24)22(26(35)39-18(3)4)14-19-9-11-20(12-10-19)40-27(36)32(7)8/h9-12,15,17-18,22,24,30H,13-14,16H2,1-8H3,(H,29,31)/t22-,24-/m0/s1. The first kappa shape index (κ1) is 33.4. The Bertz CT molecular complexity index is 1370. The molecule has 1 aliphatic rings. The van der Waals surface area contributed by atoms with Gasteiger partial charge in [0.05, 0.1) is 11.8 Å². The summed E-state index contributed by atoms with van der Waals surface area (Å²) in [7, 11) is -1.47. The number of aromatic nitrogens is 2. The molecule has 0 radical (unpaired) electrons. The van der Waals surface area contributed by atoms with Gasteiger partial charge in [0.25, 0.3) is 15.9 Å². The lowest BCUT2D eigenvalue weighted by Gasteiger charge is -2.32. The maximum atomic E-state index is 14.4. The van der Waals surface area contributed by atoms with Crippen LogP contribution in [0.2, 0.25) is 0 Å². The second-order valence-corrected chi connectivity index (χ2v) is 14.6. The molecule has 1 aromatic heterocycles. The Morgan fingerprint density at radius 2 is 1.74 bits per heavy atom. The predicted octanol–water partition coefficient (Wildman–Crippen LogP) is 3.19. The summed E-state index contributed by atoms with van der Waals surface area (Å²) in [5.41, 5.74) is 0.380. The number of carbonyl (C=O) groups is 3. The number of thioether (sulfide) groups is 1. The first-order valence-corrected chi connectivity index (χ1v) is 16.2. The topological polar surface area (TPSA) is 151 Å². The second-order valence-electron chi connectivity index (χ2n) is 11.8. The number of hydrogen-bond donors (Lipinski definition) is 2. The van der Waals surface area contributed by atoms with Gasteiger partial charge in [-0.15, -0.1) is 11.8 Å². The van der Waals surface area contributed by atoms with Gasteiger partial charge in [-0.3, -0.25) is 15.2 Å². The largest absolute Gasteiger partial charge is 0.461 e. The number of esters is 1. The zero-order chi connectivity index (χ0) is 31.4. The highest BCUT2D eigenvalue weighted by atomic mass is 32.2. The third-order valence-electron chi connectivity index (χ3n) is 6.22. The highest BCUT2D eigenvalue weighted by Gasteiger charge is 2.47. The molecule has 14 heteroatoms. The van der Waals surface area contributed by atoms with Crippen molar-refractivity contribution in [3.05, 3.63) is 41.7 Å². The molecule has 1 aliphatic heterocycles. The van der Waals surface area contributed by atoms with E-state index in [0.717, 1.165) is 0 Å². The average Bonchev–Trinajstić information content (AvgIpc) is 3.49. The molecule has 0 spiro atoms. The molecule has 232 valence electrons. The van der Waals surface area contributed by atoms with Gasteiger partial charge in [-0.1, -0.05) is 26.0 Å². The molecule has 0 unspecified atom stereocenters. The number of carbonyl (C=O) groups excluding carboxylic acids is 3. The molecule has 0 saturated carbocycles. The zero-order valence-electron chi connectivity index (χ0n) is 25.3. The van der Waals surface area contributed by atoms with Crippen molar-refractivity contribution in [2.45, 2.75) is 82.3 Å². The van der Waals surface area contributed by atoms with Gasteiger partial charge in [0.1, 0.15) is 22.1 Å². The van der Waals surface area contributed by atoms with Crippen LogP contribution < -0.4 is 10.1 Å². The summed E-state index contributed by atoms with van der Waals surface area (Å²) in [5, 5.41) is 9.04. The van der Waals surface area contributed by atoms with Crippen molar-refractivity contribution in [2.75, 3.05) is 19.8 Å². The summed E-state index contributed by atoms with van der Waals surface area (Å²) < 4.78 is 40.2. The lowest BCUT2D eigenvalue weighted by atomic mass is 10.1. The van der Waals surface area contributed by atoms with Gasteiger partial charge in [0, 0.05) is 38.0 Å².